The number of ether oxygens (including phenoxy) is 1. The number of rotatable bonds is 5. The summed E-state index contributed by atoms with van der Waals surface area (Å²) < 4.78 is 5.79. The average Bonchev–Trinajstić information content (AvgIpc) is 2.24. The minimum Gasteiger partial charge on any atom is -0.373 e. The van der Waals surface area contributed by atoms with E-state index >= 15 is 0 Å². The van der Waals surface area contributed by atoms with Crippen LogP contribution in [0.1, 0.15) is 47.5 Å². The SMILES string of the molecule is CCC(C)(C)CCB(C)N1CC(C)OC(C)C1. The van der Waals surface area contributed by atoms with Gasteiger partial charge in [-0.15, -0.1) is 0 Å². The van der Waals surface area contributed by atoms with Gasteiger partial charge in [-0.3, -0.25) is 0 Å². The Bertz CT molecular complexity index is 222. The standard InChI is InChI=1S/C14H30BNO/c1-7-14(4,5)8-9-15(6)16-10-12(2)17-13(3)11-16/h12-13H,7-11H2,1-6H3. The second kappa shape index (κ2) is 6.24. The largest absolute Gasteiger partial charge is 0.373 e. The fraction of sp³-hybridized carbons (Fsp3) is 1.00. The molecular formula is C14H30BNO. The Labute approximate surface area is 108 Å². The highest BCUT2D eigenvalue weighted by Gasteiger charge is 2.28. The molecule has 2 nitrogen and oxygen atoms in total. The van der Waals surface area contributed by atoms with Gasteiger partial charge >= 0.3 is 0 Å². The van der Waals surface area contributed by atoms with Crippen molar-refractivity contribution in [2.24, 2.45) is 5.41 Å². The molecule has 0 saturated carbocycles. The van der Waals surface area contributed by atoms with E-state index in [1.165, 1.54) is 19.2 Å². The van der Waals surface area contributed by atoms with Crippen LogP contribution in [-0.2, 0) is 4.74 Å². The summed E-state index contributed by atoms with van der Waals surface area (Å²) >= 11 is 0. The summed E-state index contributed by atoms with van der Waals surface area (Å²) in [6, 6.07) is 0. The molecule has 0 amide bonds. The number of nitrogens with zero attached hydrogens (tertiary/aromatic N) is 1. The average molecular weight is 239 g/mol. The van der Waals surface area contributed by atoms with Crippen LogP contribution in [-0.4, -0.2) is 37.0 Å². The quantitative estimate of drug-likeness (QED) is 0.680. The minimum atomic E-state index is 0.389. The molecule has 0 aliphatic carbocycles. The predicted molar refractivity (Wildman–Crippen MR) is 76.7 cm³/mol. The zero-order valence-electron chi connectivity index (χ0n) is 12.6. The van der Waals surface area contributed by atoms with Crippen molar-refractivity contribution in [1.82, 2.24) is 4.81 Å². The Morgan fingerprint density at radius 1 is 1.24 bits per heavy atom. The van der Waals surface area contributed by atoms with Crippen molar-refractivity contribution in [1.29, 1.82) is 0 Å². The van der Waals surface area contributed by atoms with Gasteiger partial charge in [-0.1, -0.05) is 46.8 Å². The predicted octanol–water partition coefficient (Wildman–Crippen LogP) is 3.54. The van der Waals surface area contributed by atoms with Crippen LogP contribution in [0.2, 0.25) is 13.1 Å². The fourth-order valence-corrected chi connectivity index (χ4v) is 2.54. The molecule has 17 heavy (non-hydrogen) atoms. The number of morpholine rings is 1. The normalized spacial score (nSPS) is 27.2. The summed E-state index contributed by atoms with van der Waals surface area (Å²) in [7, 11) is 0. The van der Waals surface area contributed by atoms with E-state index in [1.54, 1.807) is 0 Å². The molecule has 0 aromatic heterocycles. The van der Waals surface area contributed by atoms with Gasteiger partial charge in [-0.05, 0) is 19.3 Å². The van der Waals surface area contributed by atoms with Crippen LogP contribution in [0, 0.1) is 5.41 Å². The lowest BCUT2D eigenvalue weighted by Gasteiger charge is -2.38. The lowest BCUT2D eigenvalue weighted by Crippen LogP contribution is -2.51. The van der Waals surface area contributed by atoms with Crippen LogP contribution < -0.4 is 0 Å². The van der Waals surface area contributed by atoms with Crippen molar-refractivity contribution in [3.05, 3.63) is 0 Å². The molecule has 1 aliphatic rings. The van der Waals surface area contributed by atoms with Crippen molar-refractivity contribution >= 4 is 6.85 Å². The third-order valence-electron chi connectivity index (χ3n) is 4.27. The van der Waals surface area contributed by atoms with Crippen molar-refractivity contribution in [3.63, 3.8) is 0 Å². The van der Waals surface area contributed by atoms with Crippen molar-refractivity contribution in [2.75, 3.05) is 13.1 Å². The zero-order chi connectivity index (χ0) is 13.1. The van der Waals surface area contributed by atoms with E-state index in [0.717, 1.165) is 13.1 Å². The van der Waals surface area contributed by atoms with Gasteiger partial charge < -0.3 is 9.55 Å². The van der Waals surface area contributed by atoms with Gasteiger partial charge in [0.1, 0.15) is 0 Å². The van der Waals surface area contributed by atoms with Crippen molar-refractivity contribution in [3.8, 4) is 0 Å². The maximum Gasteiger partial charge on any atom is 0.220 e. The number of hydrogen-bond donors (Lipinski definition) is 0. The minimum absolute atomic E-state index is 0.389. The molecule has 100 valence electrons. The van der Waals surface area contributed by atoms with Gasteiger partial charge in [0, 0.05) is 13.1 Å². The first kappa shape index (κ1) is 15.0. The first-order valence-corrected chi connectivity index (χ1v) is 7.23. The maximum absolute atomic E-state index is 5.79. The van der Waals surface area contributed by atoms with Gasteiger partial charge in [0.15, 0.2) is 0 Å². The van der Waals surface area contributed by atoms with E-state index in [4.69, 9.17) is 4.74 Å². The van der Waals surface area contributed by atoms with Crippen LogP contribution >= 0.6 is 0 Å². The van der Waals surface area contributed by atoms with E-state index < -0.39 is 0 Å². The second-order valence-electron chi connectivity index (χ2n) is 6.62. The molecule has 1 rings (SSSR count). The van der Waals surface area contributed by atoms with Crippen molar-refractivity contribution < 1.29 is 4.74 Å². The summed E-state index contributed by atoms with van der Waals surface area (Å²) in [5.41, 5.74) is 0.498. The van der Waals surface area contributed by atoms with E-state index in [-0.39, 0.29) is 0 Å². The Hall–Kier alpha value is -0.0151. The molecule has 1 heterocycles. The van der Waals surface area contributed by atoms with Gasteiger partial charge in [0.2, 0.25) is 6.85 Å². The van der Waals surface area contributed by atoms with Crippen LogP contribution in [0.5, 0.6) is 0 Å². The molecule has 0 spiro atoms. The molecule has 2 atom stereocenters. The summed E-state index contributed by atoms with van der Waals surface area (Å²) in [4.78, 5) is 2.60. The smallest absolute Gasteiger partial charge is 0.220 e. The van der Waals surface area contributed by atoms with Gasteiger partial charge in [-0.25, -0.2) is 0 Å². The highest BCUT2D eigenvalue weighted by atomic mass is 16.5. The molecule has 0 bridgehead atoms. The summed E-state index contributed by atoms with van der Waals surface area (Å²) in [5, 5.41) is 0. The molecule has 0 radical (unpaired) electrons. The molecule has 0 aromatic rings. The molecule has 1 saturated heterocycles. The maximum atomic E-state index is 5.79. The van der Waals surface area contributed by atoms with E-state index in [2.05, 4.69) is 46.3 Å². The van der Waals surface area contributed by atoms with Crippen LogP contribution in [0.3, 0.4) is 0 Å². The fourth-order valence-electron chi connectivity index (χ4n) is 2.54. The first-order chi connectivity index (χ1) is 7.84. The van der Waals surface area contributed by atoms with Crippen molar-refractivity contribution in [2.45, 2.75) is 72.8 Å². The molecular weight excluding hydrogens is 209 g/mol. The molecule has 2 unspecified atom stereocenters. The highest BCUT2D eigenvalue weighted by molar-refractivity contribution is 6.54. The van der Waals surface area contributed by atoms with Crippen LogP contribution in [0.4, 0.5) is 0 Å². The zero-order valence-corrected chi connectivity index (χ0v) is 12.6. The first-order valence-electron chi connectivity index (χ1n) is 7.23. The van der Waals surface area contributed by atoms with Crippen LogP contribution in [0.15, 0.2) is 0 Å². The highest BCUT2D eigenvalue weighted by Crippen LogP contribution is 2.28. The van der Waals surface area contributed by atoms with E-state index in [9.17, 15) is 0 Å². The lowest BCUT2D eigenvalue weighted by atomic mass is 9.56. The Morgan fingerprint density at radius 3 is 2.24 bits per heavy atom. The second-order valence-corrected chi connectivity index (χ2v) is 6.62. The third-order valence-corrected chi connectivity index (χ3v) is 4.27. The molecule has 0 aromatic carbocycles. The summed E-state index contributed by atoms with van der Waals surface area (Å²) in [6.07, 6.45) is 4.68. The lowest BCUT2D eigenvalue weighted by molar-refractivity contribution is -0.0461. The Kier molecular flexibility index (Phi) is 5.52. The summed E-state index contributed by atoms with van der Waals surface area (Å²) in [5.74, 6) is 0. The van der Waals surface area contributed by atoms with E-state index in [0.29, 0.717) is 24.5 Å². The van der Waals surface area contributed by atoms with E-state index in [1.807, 2.05) is 0 Å². The summed E-state index contributed by atoms with van der Waals surface area (Å²) in [6.45, 7) is 16.7. The van der Waals surface area contributed by atoms with Gasteiger partial charge in [-0.2, -0.15) is 0 Å². The molecule has 1 aliphatic heterocycles. The number of hydrogen-bond acceptors (Lipinski definition) is 2. The topological polar surface area (TPSA) is 12.5 Å². The van der Waals surface area contributed by atoms with Crippen LogP contribution in [0.25, 0.3) is 0 Å². The third kappa shape index (κ3) is 5.01. The monoisotopic (exact) mass is 239 g/mol. The van der Waals surface area contributed by atoms with Gasteiger partial charge in [0.05, 0.1) is 12.2 Å². The Morgan fingerprint density at radius 2 is 1.76 bits per heavy atom. The van der Waals surface area contributed by atoms with Gasteiger partial charge in [0.25, 0.3) is 0 Å². The molecule has 3 heteroatoms. The molecule has 0 N–H and O–H groups in total. The Balaban J connectivity index is 2.39. The molecule has 1 fully saturated rings.